The predicted molar refractivity (Wildman–Crippen MR) is 132 cm³/mol. The van der Waals surface area contributed by atoms with E-state index in [-0.39, 0.29) is 17.5 Å². The maximum Gasteiger partial charge on any atom is 0.252 e. The number of nitrogens with zero attached hydrogens (tertiary/aromatic N) is 3. The van der Waals surface area contributed by atoms with E-state index in [9.17, 15) is 10.1 Å². The van der Waals surface area contributed by atoms with Crippen molar-refractivity contribution in [2.75, 3.05) is 31.6 Å². The maximum atomic E-state index is 13.5. The Balaban J connectivity index is 1.40. The van der Waals surface area contributed by atoms with Gasteiger partial charge in [-0.1, -0.05) is 48.5 Å². The SMILES string of the molecule is Cc1ccc(N2CCN(C)C(CC#N)C2)cc1C(=O)NC1(c2cccc3ccccc23)CC1. The van der Waals surface area contributed by atoms with Gasteiger partial charge in [-0.3, -0.25) is 9.69 Å². The number of rotatable bonds is 5. The molecule has 0 radical (unpaired) electrons. The van der Waals surface area contributed by atoms with Crippen molar-refractivity contribution >= 4 is 22.4 Å². The molecule has 1 amide bonds. The Labute approximate surface area is 195 Å². The number of piperazine rings is 1. The lowest BCUT2D eigenvalue weighted by molar-refractivity contribution is 0.0930. The van der Waals surface area contributed by atoms with E-state index >= 15 is 0 Å². The van der Waals surface area contributed by atoms with Gasteiger partial charge in [-0.15, -0.1) is 0 Å². The smallest absolute Gasteiger partial charge is 0.252 e. The van der Waals surface area contributed by atoms with Gasteiger partial charge in [0.2, 0.25) is 0 Å². The van der Waals surface area contributed by atoms with E-state index in [2.05, 4.69) is 76.8 Å². The lowest BCUT2D eigenvalue weighted by atomic mass is 9.96. The largest absolute Gasteiger partial charge is 0.369 e. The molecule has 1 aliphatic carbocycles. The zero-order valence-electron chi connectivity index (χ0n) is 19.3. The number of likely N-dealkylation sites (N-methyl/N-ethyl adjacent to an activating group) is 1. The van der Waals surface area contributed by atoms with Crippen LogP contribution < -0.4 is 10.2 Å². The van der Waals surface area contributed by atoms with E-state index in [4.69, 9.17) is 0 Å². The third-order valence-electron chi connectivity index (χ3n) is 7.34. The predicted octanol–water partition coefficient (Wildman–Crippen LogP) is 4.60. The van der Waals surface area contributed by atoms with Gasteiger partial charge in [0.15, 0.2) is 0 Å². The summed E-state index contributed by atoms with van der Waals surface area (Å²) in [6, 6.07) is 23.4. The highest BCUT2D eigenvalue weighted by Crippen LogP contribution is 2.48. The van der Waals surface area contributed by atoms with Crippen molar-refractivity contribution in [3.05, 3.63) is 77.4 Å². The van der Waals surface area contributed by atoms with E-state index in [1.165, 1.54) is 16.3 Å². The van der Waals surface area contributed by atoms with Crippen LogP contribution >= 0.6 is 0 Å². The van der Waals surface area contributed by atoms with E-state index in [0.29, 0.717) is 6.42 Å². The molecule has 2 aliphatic rings. The van der Waals surface area contributed by atoms with Gasteiger partial charge in [0.25, 0.3) is 5.91 Å². The molecule has 1 saturated heterocycles. The van der Waals surface area contributed by atoms with Gasteiger partial charge in [0.05, 0.1) is 18.0 Å². The number of anilines is 1. The van der Waals surface area contributed by atoms with Gasteiger partial charge in [0.1, 0.15) is 0 Å². The van der Waals surface area contributed by atoms with Crippen molar-refractivity contribution < 1.29 is 4.79 Å². The summed E-state index contributed by atoms with van der Waals surface area (Å²) in [5.41, 5.74) is 3.69. The summed E-state index contributed by atoms with van der Waals surface area (Å²) in [5.74, 6) is -0.0116. The van der Waals surface area contributed by atoms with Crippen LogP contribution in [0.2, 0.25) is 0 Å². The monoisotopic (exact) mass is 438 g/mol. The van der Waals surface area contributed by atoms with Gasteiger partial charge in [-0.05, 0) is 60.8 Å². The summed E-state index contributed by atoms with van der Waals surface area (Å²) >= 11 is 0. The van der Waals surface area contributed by atoms with E-state index < -0.39 is 0 Å². The van der Waals surface area contributed by atoms with Crippen LogP contribution in [0, 0.1) is 18.3 Å². The molecule has 5 nitrogen and oxygen atoms in total. The van der Waals surface area contributed by atoms with Gasteiger partial charge in [-0.2, -0.15) is 5.26 Å². The van der Waals surface area contributed by atoms with Crippen molar-refractivity contribution in [3.63, 3.8) is 0 Å². The number of hydrogen-bond acceptors (Lipinski definition) is 4. The first-order chi connectivity index (χ1) is 16.0. The van der Waals surface area contributed by atoms with Crippen LogP contribution in [0.1, 0.15) is 40.7 Å². The molecule has 0 aromatic heterocycles. The molecule has 0 spiro atoms. The number of hydrogen-bond donors (Lipinski definition) is 1. The molecular formula is C28H30N4O. The van der Waals surface area contributed by atoms with Crippen LogP contribution in [0.4, 0.5) is 5.69 Å². The highest BCUT2D eigenvalue weighted by atomic mass is 16.1. The number of amides is 1. The minimum atomic E-state index is -0.286. The Morgan fingerprint density at radius 1 is 1.12 bits per heavy atom. The Kier molecular flexibility index (Phi) is 5.55. The van der Waals surface area contributed by atoms with Gasteiger partial charge in [0, 0.05) is 36.9 Å². The molecule has 5 heteroatoms. The second kappa shape index (κ2) is 8.53. The molecule has 1 atom stereocenters. The quantitative estimate of drug-likeness (QED) is 0.632. The average molecular weight is 439 g/mol. The molecule has 168 valence electrons. The summed E-state index contributed by atoms with van der Waals surface area (Å²) in [5, 5.41) is 15.0. The third-order valence-corrected chi connectivity index (χ3v) is 7.34. The van der Waals surface area contributed by atoms with Crippen molar-refractivity contribution in [2.24, 2.45) is 0 Å². The standard InChI is InChI=1S/C28H30N4O/c1-20-10-11-22(32-17-16-31(2)23(19-32)12-15-29)18-25(20)27(33)30-28(13-14-28)26-9-5-7-21-6-3-4-8-24(21)26/h3-11,18,23H,12-14,16-17,19H2,1-2H3,(H,30,33). The molecule has 0 bridgehead atoms. The Morgan fingerprint density at radius 2 is 1.91 bits per heavy atom. The first-order valence-electron chi connectivity index (χ1n) is 11.7. The van der Waals surface area contributed by atoms with Crippen LogP contribution in [-0.4, -0.2) is 43.5 Å². The second-order valence-corrected chi connectivity index (χ2v) is 9.50. The number of benzene rings is 3. The van der Waals surface area contributed by atoms with Crippen LogP contribution in [0.15, 0.2) is 60.7 Å². The highest BCUT2D eigenvalue weighted by molar-refractivity contribution is 5.98. The summed E-state index contributed by atoms with van der Waals surface area (Å²) < 4.78 is 0. The Hall–Kier alpha value is -3.36. The topological polar surface area (TPSA) is 59.4 Å². The molecule has 5 rings (SSSR count). The van der Waals surface area contributed by atoms with Crippen molar-refractivity contribution in [2.45, 2.75) is 37.8 Å². The fourth-order valence-corrected chi connectivity index (χ4v) is 5.07. The summed E-state index contributed by atoms with van der Waals surface area (Å²) in [4.78, 5) is 18.1. The number of aryl methyl sites for hydroxylation is 1. The number of carbonyl (C=O) groups excluding carboxylic acids is 1. The molecular weight excluding hydrogens is 408 g/mol. The molecule has 1 saturated carbocycles. The second-order valence-electron chi connectivity index (χ2n) is 9.50. The fraction of sp³-hybridized carbons (Fsp3) is 0.357. The molecule has 1 unspecified atom stereocenters. The van der Waals surface area contributed by atoms with Gasteiger partial charge >= 0.3 is 0 Å². The summed E-state index contributed by atoms with van der Waals surface area (Å²) in [6.07, 6.45) is 2.43. The van der Waals surface area contributed by atoms with E-state index in [1.54, 1.807) is 0 Å². The third kappa shape index (κ3) is 4.07. The summed E-state index contributed by atoms with van der Waals surface area (Å²) in [7, 11) is 2.08. The number of carbonyl (C=O) groups is 1. The van der Waals surface area contributed by atoms with Crippen LogP contribution in [0.5, 0.6) is 0 Å². The van der Waals surface area contributed by atoms with E-state index in [0.717, 1.165) is 49.3 Å². The molecule has 1 heterocycles. The lowest BCUT2D eigenvalue weighted by Crippen LogP contribution is -2.51. The van der Waals surface area contributed by atoms with Gasteiger partial charge < -0.3 is 10.2 Å². The number of fused-ring (bicyclic) bond motifs is 1. The van der Waals surface area contributed by atoms with E-state index in [1.807, 2.05) is 19.1 Å². The number of nitriles is 1. The molecule has 2 fully saturated rings. The van der Waals surface area contributed by atoms with Crippen LogP contribution in [0.3, 0.4) is 0 Å². The Morgan fingerprint density at radius 3 is 2.70 bits per heavy atom. The number of nitrogens with one attached hydrogen (secondary N) is 1. The van der Waals surface area contributed by atoms with Crippen LogP contribution in [0.25, 0.3) is 10.8 Å². The normalized spacial score (nSPS) is 19.8. The minimum absolute atomic E-state index is 0.0116. The molecule has 3 aromatic carbocycles. The maximum absolute atomic E-state index is 13.5. The minimum Gasteiger partial charge on any atom is -0.369 e. The lowest BCUT2D eigenvalue weighted by Gasteiger charge is -2.40. The fourth-order valence-electron chi connectivity index (χ4n) is 5.07. The van der Waals surface area contributed by atoms with Crippen molar-refractivity contribution in [3.8, 4) is 6.07 Å². The molecule has 33 heavy (non-hydrogen) atoms. The van der Waals surface area contributed by atoms with Crippen molar-refractivity contribution in [1.82, 2.24) is 10.2 Å². The zero-order valence-corrected chi connectivity index (χ0v) is 19.3. The van der Waals surface area contributed by atoms with Crippen LogP contribution in [-0.2, 0) is 5.54 Å². The highest BCUT2D eigenvalue weighted by Gasteiger charge is 2.46. The molecule has 3 aromatic rings. The van der Waals surface area contributed by atoms with Crippen molar-refractivity contribution in [1.29, 1.82) is 5.26 Å². The molecule has 1 aliphatic heterocycles. The molecule has 1 N–H and O–H groups in total. The zero-order chi connectivity index (χ0) is 23.0. The average Bonchev–Trinajstić information content (AvgIpc) is 3.61. The van der Waals surface area contributed by atoms with Gasteiger partial charge in [-0.25, -0.2) is 0 Å². The summed E-state index contributed by atoms with van der Waals surface area (Å²) in [6.45, 7) is 4.60. The first-order valence-corrected chi connectivity index (χ1v) is 11.7. The Bertz CT molecular complexity index is 1230. The first kappa shape index (κ1) is 21.5.